The predicted molar refractivity (Wildman–Crippen MR) is 118 cm³/mol. The maximum absolute atomic E-state index is 12.3. The second-order valence-electron chi connectivity index (χ2n) is 7.70. The fraction of sp³-hybridized carbons (Fsp3) is 0.591. The van der Waals surface area contributed by atoms with Crippen molar-refractivity contribution >= 4 is 17.8 Å². The Labute approximate surface area is 179 Å². The van der Waals surface area contributed by atoms with E-state index in [2.05, 4.69) is 20.5 Å². The van der Waals surface area contributed by atoms with Crippen molar-refractivity contribution in [2.75, 3.05) is 53.9 Å². The van der Waals surface area contributed by atoms with Gasteiger partial charge in [0.1, 0.15) is 0 Å². The quantitative estimate of drug-likeness (QED) is 0.377. The highest BCUT2D eigenvalue weighted by molar-refractivity contribution is 5.94. The summed E-state index contributed by atoms with van der Waals surface area (Å²) < 4.78 is 5.18. The summed E-state index contributed by atoms with van der Waals surface area (Å²) in [6.07, 6.45) is 1.77. The highest BCUT2D eigenvalue weighted by Gasteiger charge is 2.28. The van der Waals surface area contributed by atoms with Crippen LogP contribution in [0.4, 0.5) is 0 Å². The molecule has 2 rings (SSSR count). The molecule has 1 aromatic rings. The zero-order valence-electron chi connectivity index (χ0n) is 18.6. The van der Waals surface area contributed by atoms with Crippen molar-refractivity contribution < 1.29 is 14.3 Å². The second-order valence-corrected chi connectivity index (χ2v) is 7.70. The van der Waals surface area contributed by atoms with Gasteiger partial charge in [0, 0.05) is 45.3 Å². The zero-order valence-corrected chi connectivity index (χ0v) is 18.6. The molecule has 0 aromatic heterocycles. The van der Waals surface area contributed by atoms with E-state index in [4.69, 9.17) is 4.74 Å². The largest absolute Gasteiger partial charge is 0.466 e. The number of benzene rings is 1. The molecule has 1 fully saturated rings. The minimum Gasteiger partial charge on any atom is -0.466 e. The van der Waals surface area contributed by atoms with Crippen molar-refractivity contribution in [3.05, 3.63) is 35.4 Å². The van der Waals surface area contributed by atoms with E-state index in [9.17, 15) is 9.59 Å². The summed E-state index contributed by atoms with van der Waals surface area (Å²) in [6.45, 7) is 5.64. The molecule has 1 aliphatic heterocycles. The van der Waals surface area contributed by atoms with Crippen molar-refractivity contribution in [2.24, 2.45) is 10.9 Å². The van der Waals surface area contributed by atoms with Crippen molar-refractivity contribution in [2.45, 2.75) is 26.3 Å². The lowest BCUT2D eigenvalue weighted by Crippen LogP contribution is -2.48. The van der Waals surface area contributed by atoms with E-state index < -0.39 is 0 Å². The van der Waals surface area contributed by atoms with E-state index in [-0.39, 0.29) is 17.8 Å². The third-order valence-electron chi connectivity index (χ3n) is 5.04. The fourth-order valence-electron chi connectivity index (χ4n) is 3.45. The number of carbonyl (C=O) groups excluding carboxylic acids is 2. The second kappa shape index (κ2) is 12.2. The molecule has 0 saturated carbocycles. The standard InChI is InChI=1S/C22H35N5O3/c1-5-30-21(29)19-10-7-12-27(16-19)22(23-2)25-15-17-8-6-9-18(14-17)20(28)24-11-13-26(3)4/h6,8-9,14,19H,5,7,10-13,15-16H2,1-4H3,(H,23,25)(H,24,28). The first kappa shape index (κ1) is 23.7. The SMILES string of the molecule is CCOC(=O)C1CCCN(C(=NC)NCc2cccc(C(=O)NCCN(C)C)c2)C1. The summed E-state index contributed by atoms with van der Waals surface area (Å²) in [4.78, 5) is 32.9. The molecule has 1 saturated heterocycles. The number of piperidine rings is 1. The fourth-order valence-corrected chi connectivity index (χ4v) is 3.45. The number of amides is 1. The Hall–Kier alpha value is -2.61. The molecule has 0 aliphatic carbocycles. The van der Waals surface area contributed by atoms with E-state index in [1.807, 2.05) is 50.2 Å². The number of rotatable bonds is 8. The molecule has 0 bridgehead atoms. The molecule has 1 aliphatic rings. The van der Waals surface area contributed by atoms with Crippen LogP contribution in [-0.4, -0.2) is 81.6 Å². The number of aliphatic imine (C=N–C) groups is 1. The van der Waals surface area contributed by atoms with Crippen LogP contribution < -0.4 is 10.6 Å². The minimum atomic E-state index is -0.134. The molecule has 8 heteroatoms. The van der Waals surface area contributed by atoms with Crippen molar-refractivity contribution in [1.82, 2.24) is 20.4 Å². The van der Waals surface area contributed by atoms with Gasteiger partial charge in [-0.15, -0.1) is 0 Å². The summed E-state index contributed by atoms with van der Waals surface area (Å²) in [6, 6.07) is 7.58. The first-order chi connectivity index (χ1) is 14.4. The highest BCUT2D eigenvalue weighted by atomic mass is 16.5. The van der Waals surface area contributed by atoms with Gasteiger partial charge in [-0.3, -0.25) is 14.6 Å². The van der Waals surface area contributed by atoms with Gasteiger partial charge in [0.25, 0.3) is 5.91 Å². The Kier molecular flexibility index (Phi) is 9.60. The van der Waals surface area contributed by atoms with Crippen LogP contribution in [0, 0.1) is 5.92 Å². The topological polar surface area (TPSA) is 86.3 Å². The number of hydrogen-bond donors (Lipinski definition) is 2. The predicted octanol–water partition coefficient (Wildman–Crippen LogP) is 1.33. The summed E-state index contributed by atoms with van der Waals surface area (Å²) in [5, 5.41) is 6.29. The molecule has 1 amide bonds. The van der Waals surface area contributed by atoms with Crippen molar-refractivity contribution in [1.29, 1.82) is 0 Å². The molecular weight excluding hydrogens is 382 g/mol. The number of nitrogens with one attached hydrogen (secondary N) is 2. The van der Waals surface area contributed by atoms with Gasteiger partial charge < -0.3 is 25.2 Å². The Morgan fingerprint density at radius 3 is 2.80 bits per heavy atom. The maximum Gasteiger partial charge on any atom is 0.310 e. The van der Waals surface area contributed by atoms with Gasteiger partial charge in [0.2, 0.25) is 0 Å². The number of likely N-dealkylation sites (tertiary alicyclic amines) is 1. The van der Waals surface area contributed by atoms with Crippen LogP contribution in [0.3, 0.4) is 0 Å². The number of likely N-dealkylation sites (N-methyl/N-ethyl adjacent to an activating group) is 1. The summed E-state index contributed by atoms with van der Waals surface area (Å²) in [5.74, 6) is 0.429. The Bertz CT molecular complexity index is 735. The highest BCUT2D eigenvalue weighted by Crippen LogP contribution is 2.18. The molecule has 1 unspecified atom stereocenters. The van der Waals surface area contributed by atoms with E-state index in [1.54, 1.807) is 7.05 Å². The zero-order chi connectivity index (χ0) is 21.9. The first-order valence-electron chi connectivity index (χ1n) is 10.6. The summed E-state index contributed by atoms with van der Waals surface area (Å²) in [5.41, 5.74) is 1.64. The van der Waals surface area contributed by atoms with Crippen LogP contribution in [-0.2, 0) is 16.1 Å². The van der Waals surface area contributed by atoms with Gasteiger partial charge >= 0.3 is 5.97 Å². The number of nitrogens with zero attached hydrogens (tertiary/aromatic N) is 3. The van der Waals surface area contributed by atoms with E-state index in [0.29, 0.717) is 31.8 Å². The molecule has 0 radical (unpaired) electrons. The molecular formula is C22H35N5O3. The molecule has 0 spiro atoms. The Balaban J connectivity index is 1.92. The molecule has 2 N–H and O–H groups in total. The Morgan fingerprint density at radius 2 is 2.10 bits per heavy atom. The van der Waals surface area contributed by atoms with Gasteiger partial charge in [-0.05, 0) is 51.6 Å². The molecule has 166 valence electrons. The lowest BCUT2D eigenvalue weighted by atomic mass is 9.98. The first-order valence-corrected chi connectivity index (χ1v) is 10.6. The van der Waals surface area contributed by atoms with Crippen LogP contribution in [0.1, 0.15) is 35.7 Å². The average molecular weight is 418 g/mol. The van der Waals surface area contributed by atoms with Crippen LogP contribution in [0.25, 0.3) is 0 Å². The Morgan fingerprint density at radius 1 is 1.30 bits per heavy atom. The third kappa shape index (κ3) is 7.33. The molecule has 8 nitrogen and oxygen atoms in total. The number of ether oxygens (including phenoxy) is 1. The molecule has 1 heterocycles. The van der Waals surface area contributed by atoms with Crippen molar-refractivity contribution in [3.63, 3.8) is 0 Å². The van der Waals surface area contributed by atoms with Crippen LogP contribution in [0.5, 0.6) is 0 Å². The monoisotopic (exact) mass is 417 g/mol. The average Bonchev–Trinajstić information content (AvgIpc) is 2.74. The van der Waals surface area contributed by atoms with E-state index in [0.717, 1.165) is 37.5 Å². The molecule has 1 atom stereocenters. The lowest BCUT2D eigenvalue weighted by Gasteiger charge is -2.34. The number of guanidine groups is 1. The van der Waals surface area contributed by atoms with Crippen molar-refractivity contribution in [3.8, 4) is 0 Å². The number of hydrogen-bond acceptors (Lipinski definition) is 5. The normalized spacial score (nSPS) is 17.0. The van der Waals surface area contributed by atoms with Gasteiger partial charge in [-0.1, -0.05) is 12.1 Å². The van der Waals surface area contributed by atoms with Crippen LogP contribution >= 0.6 is 0 Å². The lowest BCUT2D eigenvalue weighted by molar-refractivity contribution is -0.149. The van der Waals surface area contributed by atoms with E-state index >= 15 is 0 Å². The van der Waals surface area contributed by atoms with Gasteiger partial charge in [-0.2, -0.15) is 0 Å². The van der Waals surface area contributed by atoms with Gasteiger partial charge in [-0.25, -0.2) is 0 Å². The molecule has 30 heavy (non-hydrogen) atoms. The summed E-state index contributed by atoms with van der Waals surface area (Å²) in [7, 11) is 5.69. The number of esters is 1. The van der Waals surface area contributed by atoms with Crippen LogP contribution in [0.15, 0.2) is 29.3 Å². The summed E-state index contributed by atoms with van der Waals surface area (Å²) >= 11 is 0. The maximum atomic E-state index is 12.3. The number of carbonyl (C=O) groups is 2. The van der Waals surface area contributed by atoms with Gasteiger partial charge in [0.15, 0.2) is 5.96 Å². The van der Waals surface area contributed by atoms with Crippen LogP contribution in [0.2, 0.25) is 0 Å². The minimum absolute atomic E-state index is 0.0728. The third-order valence-corrected chi connectivity index (χ3v) is 5.04. The molecule has 1 aromatic carbocycles. The smallest absolute Gasteiger partial charge is 0.310 e. The van der Waals surface area contributed by atoms with E-state index in [1.165, 1.54) is 0 Å². The van der Waals surface area contributed by atoms with Gasteiger partial charge in [0.05, 0.1) is 12.5 Å².